The predicted molar refractivity (Wildman–Crippen MR) is 68.7 cm³/mol. The number of methoxy groups -OCH3 is 2. The Kier molecular flexibility index (Phi) is 6.16. The van der Waals surface area contributed by atoms with Crippen LogP contribution in [0.3, 0.4) is 0 Å². The second kappa shape index (κ2) is 7.67. The molecule has 0 bridgehead atoms. The molecule has 1 aromatic rings. The average Bonchev–Trinajstić information content (AvgIpc) is 2.35. The van der Waals surface area contributed by atoms with Gasteiger partial charge < -0.3 is 25.3 Å². The molecule has 1 heterocycles. The number of nitrogens with one attached hydrogen (secondary N) is 1. The van der Waals surface area contributed by atoms with Gasteiger partial charge in [-0.05, 0) is 6.92 Å². The van der Waals surface area contributed by atoms with Gasteiger partial charge >= 0.3 is 0 Å². The van der Waals surface area contributed by atoms with E-state index in [-0.39, 0.29) is 0 Å². The van der Waals surface area contributed by atoms with Crippen LogP contribution in [0.15, 0.2) is 0 Å². The van der Waals surface area contributed by atoms with E-state index >= 15 is 0 Å². The fraction of sp³-hybridized carbons (Fsp3) is 0.636. The van der Waals surface area contributed by atoms with Gasteiger partial charge in [0.05, 0.1) is 13.2 Å². The third-order valence-corrected chi connectivity index (χ3v) is 2.11. The van der Waals surface area contributed by atoms with Crippen molar-refractivity contribution < 1.29 is 14.2 Å². The maximum atomic E-state index is 5.92. The minimum atomic E-state index is 0.305. The highest BCUT2D eigenvalue weighted by Crippen LogP contribution is 2.26. The summed E-state index contributed by atoms with van der Waals surface area (Å²) in [6.45, 7) is 3.84. The van der Waals surface area contributed by atoms with Gasteiger partial charge in [0.25, 0.3) is 0 Å². The molecule has 0 saturated carbocycles. The molecule has 0 saturated heterocycles. The minimum absolute atomic E-state index is 0.305. The van der Waals surface area contributed by atoms with Crippen molar-refractivity contribution in [3.63, 3.8) is 0 Å². The van der Waals surface area contributed by atoms with E-state index in [1.165, 1.54) is 0 Å². The first-order chi connectivity index (χ1) is 8.72. The molecule has 0 atom stereocenters. The van der Waals surface area contributed by atoms with Crippen LogP contribution in [0.2, 0.25) is 0 Å². The van der Waals surface area contributed by atoms with Crippen molar-refractivity contribution in [3.05, 3.63) is 5.82 Å². The summed E-state index contributed by atoms with van der Waals surface area (Å²) in [5.41, 5.74) is 6.32. The van der Waals surface area contributed by atoms with E-state index in [2.05, 4.69) is 15.3 Å². The quantitative estimate of drug-likeness (QED) is 0.660. The standard InChI is InChI=1S/C11H20N4O3/c1-4-18-11-9(12)10(13-5-6-16-2)14-8(15-11)7-17-3/h4-7,12H2,1-3H3,(H,13,14,15). The van der Waals surface area contributed by atoms with Gasteiger partial charge in [-0.2, -0.15) is 4.98 Å². The van der Waals surface area contributed by atoms with Crippen LogP contribution in [0.25, 0.3) is 0 Å². The average molecular weight is 256 g/mol. The minimum Gasteiger partial charge on any atom is -0.476 e. The molecule has 0 spiro atoms. The lowest BCUT2D eigenvalue weighted by Crippen LogP contribution is -2.14. The smallest absolute Gasteiger partial charge is 0.242 e. The van der Waals surface area contributed by atoms with Gasteiger partial charge in [-0.15, -0.1) is 0 Å². The van der Waals surface area contributed by atoms with Crippen LogP contribution in [-0.4, -0.2) is 43.9 Å². The summed E-state index contributed by atoms with van der Waals surface area (Å²) in [6.07, 6.45) is 0. The summed E-state index contributed by atoms with van der Waals surface area (Å²) in [5.74, 6) is 1.44. The largest absolute Gasteiger partial charge is 0.476 e. The Balaban J connectivity index is 2.90. The molecule has 1 aromatic heterocycles. The molecule has 0 aliphatic carbocycles. The van der Waals surface area contributed by atoms with Gasteiger partial charge in [0.1, 0.15) is 12.3 Å². The first kappa shape index (κ1) is 14.5. The Labute approximate surface area is 107 Å². The van der Waals surface area contributed by atoms with Crippen LogP contribution in [0.1, 0.15) is 12.7 Å². The Morgan fingerprint density at radius 3 is 2.61 bits per heavy atom. The van der Waals surface area contributed by atoms with E-state index in [1.807, 2.05) is 6.92 Å². The molecule has 3 N–H and O–H groups in total. The van der Waals surface area contributed by atoms with E-state index in [4.69, 9.17) is 19.9 Å². The Morgan fingerprint density at radius 1 is 1.22 bits per heavy atom. The zero-order valence-electron chi connectivity index (χ0n) is 11.0. The molecule has 0 aliphatic heterocycles. The van der Waals surface area contributed by atoms with Crippen molar-refractivity contribution in [3.8, 4) is 5.88 Å². The number of aromatic nitrogens is 2. The molecule has 0 aromatic carbocycles. The van der Waals surface area contributed by atoms with Gasteiger partial charge in [-0.25, -0.2) is 4.98 Å². The van der Waals surface area contributed by atoms with Gasteiger partial charge in [0, 0.05) is 20.8 Å². The molecule has 0 amide bonds. The molecule has 0 fully saturated rings. The maximum absolute atomic E-state index is 5.92. The van der Waals surface area contributed by atoms with E-state index < -0.39 is 0 Å². The van der Waals surface area contributed by atoms with Gasteiger partial charge in [-0.1, -0.05) is 0 Å². The predicted octanol–water partition coefficient (Wildman–Crippen LogP) is 0.662. The maximum Gasteiger partial charge on any atom is 0.242 e. The Hall–Kier alpha value is -1.60. The van der Waals surface area contributed by atoms with Crippen molar-refractivity contribution in [2.45, 2.75) is 13.5 Å². The number of hydrogen-bond donors (Lipinski definition) is 2. The van der Waals surface area contributed by atoms with Gasteiger partial charge in [0.2, 0.25) is 5.88 Å². The lowest BCUT2D eigenvalue weighted by Gasteiger charge is -2.13. The van der Waals surface area contributed by atoms with Crippen LogP contribution < -0.4 is 15.8 Å². The summed E-state index contributed by atoms with van der Waals surface area (Å²) in [6, 6.07) is 0. The van der Waals surface area contributed by atoms with E-state index in [0.29, 0.717) is 49.6 Å². The number of ether oxygens (including phenoxy) is 3. The SMILES string of the molecule is CCOc1nc(COC)nc(NCCOC)c1N. The molecule has 102 valence electrons. The third kappa shape index (κ3) is 4.01. The van der Waals surface area contributed by atoms with Gasteiger partial charge in [0.15, 0.2) is 11.6 Å². The number of nitrogens with zero attached hydrogens (tertiary/aromatic N) is 2. The van der Waals surface area contributed by atoms with E-state index in [9.17, 15) is 0 Å². The lowest BCUT2D eigenvalue weighted by atomic mass is 10.4. The number of anilines is 2. The van der Waals surface area contributed by atoms with Crippen LogP contribution in [-0.2, 0) is 16.1 Å². The molecule has 0 unspecified atom stereocenters. The molecule has 1 rings (SSSR count). The van der Waals surface area contributed by atoms with Gasteiger partial charge in [-0.3, -0.25) is 0 Å². The summed E-state index contributed by atoms with van der Waals surface area (Å²) in [7, 11) is 3.21. The molecular formula is C11H20N4O3. The van der Waals surface area contributed by atoms with Crippen molar-refractivity contribution in [2.75, 3.05) is 45.0 Å². The number of nitrogens with two attached hydrogens (primary N) is 1. The van der Waals surface area contributed by atoms with E-state index in [1.54, 1.807) is 14.2 Å². The summed E-state index contributed by atoms with van der Waals surface area (Å²) in [4.78, 5) is 8.46. The summed E-state index contributed by atoms with van der Waals surface area (Å²) in [5, 5.41) is 3.07. The topological polar surface area (TPSA) is 91.5 Å². The fourth-order valence-electron chi connectivity index (χ4n) is 1.34. The van der Waals surface area contributed by atoms with Crippen molar-refractivity contribution >= 4 is 11.5 Å². The summed E-state index contributed by atoms with van der Waals surface area (Å²) < 4.78 is 15.3. The highest BCUT2D eigenvalue weighted by Gasteiger charge is 2.12. The molecule has 7 heteroatoms. The first-order valence-electron chi connectivity index (χ1n) is 5.73. The van der Waals surface area contributed by atoms with E-state index in [0.717, 1.165) is 0 Å². The molecule has 0 aliphatic rings. The molecule has 18 heavy (non-hydrogen) atoms. The van der Waals surface area contributed by atoms with Crippen molar-refractivity contribution in [2.24, 2.45) is 0 Å². The van der Waals surface area contributed by atoms with Crippen LogP contribution in [0.5, 0.6) is 5.88 Å². The summed E-state index contributed by atoms with van der Waals surface area (Å²) >= 11 is 0. The zero-order chi connectivity index (χ0) is 13.4. The highest BCUT2D eigenvalue weighted by atomic mass is 16.5. The number of rotatable bonds is 8. The van der Waals surface area contributed by atoms with Crippen LogP contribution in [0.4, 0.5) is 11.5 Å². The highest BCUT2D eigenvalue weighted by molar-refractivity contribution is 5.66. The second-order valence-electron chi connectivity index (χ2n) is 3.49. The molecule has 0 radical (unpaired) electrons. The monoisotopic (exact) mass is 256 g/mol. The first-order valence-corrected chi connectivity index (χ1v) is 5.73. The lowest BCUT2D eigenvalue weighted by molar-refractivity contribution is 0.176. The van der Waals surface area contributed by atoms with Crippen molar-refractivity contribution in [1.82, 2.24) is 9.97 Å². The normalized spacial score (nSPS) is 10.4. The Morgan fingerprint density at radius 2 is 2.00 bits per heavy atom. The molecular weight excluding hydrogens is 236 g/mol. The van der Waals surface area contributed by atoms with Crippen LogP contribution >= 0.6 is 0 Å². The molecule has 7 nitrogen and oxygen atoms in total. The second-order valence-corrected chi connectivity index (χ2v) is 3.49. The van der Waals surface area contributed by atoms with Crippen LogP contribution in [0, 0.1) is 0 Å². The third-order valence-electron chi connectivity index (χ3n) is 2.11. The fourth-order valence-corrected chi connectivity index (χ4v) is 1.34. The zero-order valence-corrected chi connectivity index (χ0v) is 11.0. The Bertz CT molecular complexity index is 374. The number of nitrogen functional groups attached to an aromatic ring is 1. The number of hydrogen-bond acceptors (Lipinski definition) is 7. The van der Waals surface area contributed by atoms with Crippen molar-refractivity contribution in [1.29, 1.82) is 0 Å².